The van der Waals surface area contributed by atoms with E-state index in [2.05, 4.69) is 92.1 Å². The Kier molecular flexibility index (Phi) is 55.8. The Bertz CT molecular complexity index is 1640. The van der Waals surface area contributed by atoms with E-state index in [1.165, 1.54) is 173 Å². The van der Waals surface area contributed by atoms with Gasteiger partial charge in [0.25, 0.3) is 0 Å². The SMILES string of the molecule is CC/C=C/CC/C=C/CC/C=C/C(O)C(COC1OC(CO)C(O)C(O)C1O)NC(=O)CCCCCCCCCCCCCCC/C=C\C/C=C\CCCCCCCCCCCOC(=O)CCCCCCC/C=C\C/C=C\CCCCC. The molecule has 11 nitrogen and oxygen atoms in total. The number of hydrogen-bond donors (Lipinski definition) is 6. The highest BCUT2D eigenvalue weighted by Gasteiger charge is 2.44. The summed E-state index contributed by atoms with van der Waals surface area (Å²) in [6.07, 6.45) is 71.5. The lowest BCUT2D eigenvalue weighted by atomic mass is 9.99. The van der Waals surface area contributed by atoms with Crippen LogP contribution in [-0.2, 0) is 23.8 Å². The molecule has 7 unspecified atom stereocenters. The number of rotatable bonds is 58. The molecule has 474 valence electrons. The molecule has 1 aliphatic heterocycles. The number of allylic oxidation sites excluding steroid dienone is 13. The molecule has 1 fully saturated rings. The highest BCUT2D eigenvalue weighted by molar-refractivity contribution is 5.76. The van der Waals surface area contributed by atoms with Crippen LogP contribution in [-0.4, -0.2) is 100 Å². The van der Waals surface area contributed by atoms with Crippen LogP contribution in [0.15, 0.2) is 85.1 Å². The molecule has 1 amide bonds. The van der Waals surface area contributed by atoms with Crippen molar-refractivity contribution in [2.45, 2.75) is 333 Å². The second-order valence-corrected chi connectivity index (χ2v) is 23.1. The van der Waals surface area contributed by atoms with Crippen LogP contribution in [0.2, 0.25) is 0 Å². The third kappa shape index (κ3) is 48.1. The van der Waals surface area contributed by atoms with Gasteiger partial charge in [-0.15, -0.1) is 0 Å². The van der Waals surface area contributed by atoms with Gasteiger partial charge in [-0.25, -0.2) is 0 Å². The van der Waals surface area contributed by atoms with Gasteiger partial charge in [-0.3, -0.25) is 9.59 Å². The summed E-state index contributed by atoms with van der Waals surface area (Å²) in [6.45, 7) is 4.17. The van der Waals surface area contributed by atoms with Crippen molar-refractivity contribution < 1.29 is 49.3 Å². The normalized spacial score (nSPS) is 18.7. The van der Waals surface area contributed by atoms with Gasteiger partial charge in [0.1, 0.15) is 24.4 Å². The highest BCUT2D eigenvalue weighted by Crippen LogP contribution is 2.23. The average molecular weight is 1150 g/mol. The minimum absolute atomic E-state index is 0.0121. The number of aliphatic hydroxyl groups excluding tert-OH is 5. The summed E-state index contributed by atoms with van der Waals surface area (Å²) in [5, 5.41) is 54.3. The van der Waals surface area contributed by atoms with Crippen LogP contribution in [0.3, 0.4) is 0 Å². The van der Waals surface area contributed by atoms with Crippen LogP contribution in [0.4, 0.5) is 0 Å². The van der Waals surface area contributed by atoms with Crippen LogP contribution in [0.25, 0.3) is 0 Å². The Morgan fingerprint density at radius 3 is 1.33 bits per heavy atom. The van der Waals surface area contributed by atoms with Gasteiger partial charge in [-0.2, -0.15) is 0 Å². The van der Waals surface area contributed by atoms with Gasteiger partial charge in [-0.05, 0) is 116 Å². The Morgan fingerprint density at radius 2 is 0.866 bits per heavy atom. The number of nitrogens with one attached hydrogen (secondary N) is 1. The first-order valence-corrected chi connectivity index (χ1v) is 33.9. The summed E-state index contributed by atoms with van der Waals surface area (Å²) in [4.78, 5) is 25.1. The first-order valence-electron chi connectivity index (χ1n) is 33.9. The Labute approximate surface area is 502 Å². The molecule has 6 N–H and O–H groups in total. The van der Waals surface area contributed by atoms with Crippen molar-refractivity contribution in [2.24, 2.45) is 0 Å². The Hall–Kier alpha value is -3.16. The maximum absolute atomic E-state index is 13.0. The lowest BCUT2D eigenvalue weighted by Crippen LogP contribution is -2.60. The number of carbonyl (C=O) groups excluding carboxylic acids is 2. The summed E-state index contributed by atoms with van der Waals surface area (Å²) in [5.74, 6) is -0.213. The second-order valence-electron chi connectivity index (χ2n) is 23.1. The number of ether oxygens (including phenoxy) is 3. The molecule has 0 spiro atoms. The summed E-state index contributed by atoms with van der Waals surface area (Å²) >= 11 is 0. The van der Waals surface area contributed by atoms with Gasteiger partial charge >= 0.3 is 5.97 Å². The standard InChI is InChI=1S/C71H125NO10/c1-3-5-7-9-11-13-15-16-32-36-39-43-47-51-55-59-67(76)80-60-56-52-48-44-40-37-34-31-29-27-25-23-21-19-17-18-20-22-24-26-28-30-33-35-38-42-46-50-54-58-66(75)72-63(62-81-71-70(79)69(78)68(77)65(61-73)82-71)64(74)57-53-49-45-41-14-12-10-8-6-4-2/h6,8,11,13-14,16-17,19,23,25,32,41,53,57,63-65,68-71,73-74,77-79H,3-5,7,9-10,12,15,18,20-22,24,26-31,33-40,42-52,54-56,58-62H2,1-2H3,(H,72,75)/b8-6+,13-11-,19-17-,25-23-,32-16-,41-14+,57-53+. The molecule has 0 aromatic heterocycles. The predicted octanol–water partition coefficient (Wildman–Crippen LogP) is 16.9. The fourth-order valence-electron chi connectivity index (χ4n) is 10.1. The van der Waals surface area contributed by atoms with Crippen LogP contribution in [0.1, 0.15) is 290 Å². The van der Waals surface area contributed by atoms with Crippen molar-refractivity contribution in [1.29, 1.82) is 0 Å². The third-order valence-corrected chi connectivity index (χ3v) is 15.4. The van der Waals surface area contributed by atoms with E-state index in [0.717, 1.165) is 89.9 Å². The summed E-state index contributed by atoms with van der Waals surface area (Å²) < 4.78 is 16.7. The van der Waals surface area contributed by atoms with E-state index in [-0.39, 0.29) is 18.5 Å². The van der Waals surface area contributed by atoms with Gasteiger partial charge < -0.3 is 45.1 Å². The number of carbonyl (C=O) groups is 2. The number of unbranched alkanes of at least 4 members (excludes halogenated alkanes) is 32. The fourth-order valence-corrected chi connectivity index (χ4v) is 10.1. The highest BCUT2D eigenvalue weighted by atomic mass is 16.7. The van der Waals surface area contributed by atoms with Crippen LogP contribution >= 0.6 is 0 Å². The van der Waals surface area contributed by atoms with E-state index in [1.807, 2.05) is 6.08 Å². The number of amides is 1. The van der Waals surface area contributed by atoms with Crippen molar-refractivity contribution in [3.63, 3.8) is 0 Å². The molecule has 0 aromatic rings. The summed E-state index contributed by atoms with van der Waals surface area (Å²) in [5.41, 5.74) is 0. The number of hydrogen-bond acceptors (Lipinski definition) is 10. The van der Waals surface area contributed by atoms with Gasteiger partial charge in [0, 0.05) is 12.8 Å². The van der Waals surface area contributed by atoms with Gasteiger partial charge in [-0.1, -0.05) is 247 Å². The molecule has 0 radical (unpaired) electrons. The van der Waals surface area contributed by atoms with Crippen LogP contribution in [0, 0.1) is 0 Å². The van der Waals surface area contributed by atoms with Crippen molar-refractivity contribution in [3.05, 3.63) is 85.1 Å². The molecule has 82 heavy (non-hydrogen) atoms. The lowest BCUT2D eigenvalue weighted by Gasteiger charge is -2.40. The molecule has 7 atom stereocenters. The molecular weight excluding hydrogens is 1030 g/mol. The van der Waals surface area contributed by atoms with Crippen molar-refractivity contribution in [1.82, 2.24) is 5.32 Å². The molecule has 1 rings (SSSR count). The van der Waals surface area contributed by atoms with E-state index in [0.29, 0.717) is 19.4 Å². The Balaban J connectivity index is 1.97. The summed E-state index contributed by atoms with van der Waals surface area (Å²) in [7, 11) is 0. The Morgan fingerprint density at radius 1 is 0.463 bits per heavy atom. The van der Waals surface area contributed by atoms with Gasteiger partial charge in [0.2, 0.25) is 5.91 Å². The van der Waals surface area contributed by atoms with E-state index in [4.69, 9.17) is 14.2 Å². The smallest absolute Gasteiger partial charge is 0.305 e. The molecule has 1 heterocycles. The average Bonchev–Trinajstić information content (AvgIpc) is 3.50. The molecule has 0 bridgehead atoms. The quantitative estimate of drug-likeness (QED) is 0.0195. The van der Waals surface area contributed by atoms with Crippen molar-refractivity contribution in [2.75, 3.05) is 19.8 Å². The van der Waals surface area contributed by atoms with Crippen molar-refractivity contribution >= 4 is 11.9 Å². The number of aliphatic hydroxyl groups is 5. The third-order valence-electron chi connectivity index (χ3n) is 15.4. The zero-order chi connectivity index (χ0) is 59.5. The molecule has 0 aliphatic carbocycles. The maximum atomic E-state index is 13.0. The fraction of sp³-hybridized carbons (Fsp3) is 0.775. The van der Waals surface area contributed by atoms with Gasteiger partial charge in [0.15, 0.2) is 6.29 Å². The zero-order valence-corrected chi connectivity index (χ0v) is 52.4. The minimum Gasteiger partial charge on any atom is -0.466 e. The first kappa shape index (κ1) is 76.9. The van der Waals surface area contributed by atoms with Crippen molar-refractivity contribution in [3.8, 4) is 0 Å². The molecule has 0 saturated carbocycles. The van der Waals surface area contributed by atoms with E-state index in [9.17, 15) is 35.1 Å². The topological polar surface area (TPSA) is 175 Å². The number of esters is 1. The van der Waals surface area contributed by atoms with E-state index < -0.39 is 49.5 Å². The van der Waals surface area contributed by atoms with E-state index in [1.54, 1.807) is 6.08 Å². The molecular formula is C71H125NO10. The lowest BCUT2D eigenvalue weighted by molar-refractivity contribution is -0.302. The second kappa shape index (κ2) is 59.6. The van der Waals surface area contributed by atoms with Crippen LogP contribution < -0.4 is 5.32 Å². The zero-order valence-electron chi connectivity index (χ0n) is 52.4. The predicted molar refractivity (Wildman–Crippen MR) is 342 cm³/mol. The maximum Gasteiger partial charge on any atom is 0.305 e. The molecule has 0 aromatic carbocycles. The molecule has 11 heteroatoms. The van der Waals surface area contributed by atoms with Crippen LogP contribution in [0.5, 0.6) is 0 Å². The minimum atomic E-state index is -1.58. The monoisotopic (exact) mass is 1150 g/mol. The first-order chi connectivity index (χ1) is 40.2. The summed E-state index contributed by atoms with van der Waals surface area (Å²) in [6, 6.07) is -0.836. The van der Waals surface area contributed by atoms with E-state index >= 15 is 0 Å². The molecule has 1 aliphatic rings. The molecule has 1 saturated heterocycles. The van der Waals surface area contributed by atoms with Gasteiger partial charge in [0.05, 0.1) is 32.0 Å². The largest absolute Gasteiger partial charge is 0.466 e.